The lowest BCUT2D eigenvalue weighted by atomic mass is 10.2. The summed E-state index contributed by atoms with van der Waals surface area (Å²) in [5.74, 6) is 0. The first-order valence-electron chi connectivity index (χ1n) is 7.77. The Labute approximate surface area is 143 Å². The molecule has 0 unspecified atom stereocenters. The van der Waals surface area contributed by atoms with Crippen molar-refractivity contribution in [2.45, 2.75) is 66.2 Å². The lowest BCUT2D eigenvalue weighted by Crippen LogP contribution is -2.49. The van der Waals surface area contributed by atoms with E-state index in [1.807, 2.05) is 19.1 Å². The molecular formula is C17H27N3O4. The third-order valence-electron chi connectivity index (χ3n) is 2.53. The minimum atomic E-state index is -0.735. The molecule has 24 heavy (non-hydrogen) atoms. The number of hydrogen-bond acceptors (Lipinski definition) is 5. The molecule has 0 aliphatic carbocycles. The number of nitrogens with one attached hydrogen (secondary N) is 1. The maximum Gasteiger partial charge on any atom is 0.429 e. The fraction of sp³-hybridized carbons (Fsp3) is 0.588. The summed E-state index contributed by atoms with van der Waals surface area (Å²) in [7, 11) is 0. The van der Waals surface area contributed by atoms with Crippen molar-refractivity contribution in [2.75, 3.05) is 0 Å². The van der Waals surface area contributed by atoms with Gasteiger partial charge in [-0.05, 0) is 66.2 Å². The summed E-state index contributed by atoms with van der Waals surface area (Å²) >= 11 is 0. The number of carbonyl (C=O) groups excluding carboxylic acids is 2. The molecule has 0 saturated heterocycles. The number of nitrogens with zero attached hydrogens (tertiary/aromatic N) is 2. The minimum absolute atomic E-state index is 0.0653. The Morgan fingerprint density at radius 1 is 1.12 bits per heavy atom. The minimum Gasteiger partial charge on any atom is -0.443 e. The number of aromatic nitrogens is 1. The molecule has 2 amide bonds. The van der Waals surface area contributed by atoms with Gasteiger partial charge in [0.25, 0.3) is 0 Å². The zero-order valence-corrected chi connectivity index (χ0v) is 15.5. The Kier molecular flexibility index (Phi) is 6.17. The SMILES string of the molecule is Cc1ccnc(CN(NC(=O)OC(C)(C)C)C(=O)OC(C)(C)C)c1. The number of hydrogen-bond donors (Lipinski definition) is 1. The van der Waals surface area contributed by atoms with Gasteiger partial charge in [-0.3, -0.25) is 4.98 Å². The second kappa shape index (κ2) is 7.51. The van der Waals surface area contributed by atoms with Gasteiger partial charge >= 0.3 is 12.2 Å². The maximum absolute atomic E-state index is 12.4. The van der Waals surface area contributed by atoms with Crippen LogP contribution in [-0.4, -0.2) is 33.4 Å². The van der Waals surface area contributed by atoms with Crippen LogP contribution < -0.4 is 5.43 Å². The maximum atomic E-state index is 12.4. The highest BCUT2D eigenvalue weighted by Crippen LogP contribution is 2.12. The number of hydrazine groups is 1. The Morgan fingerprint density at radius 2 is 1.71 bits per heavy atom. The molecule has 1 heterocycles. The van der Waals surface area contributed by atoms with E-state index < -0.39 is 23.4 Å². The van der Waals surface area contributed by atoms with Crippen molar-refractivity contribution in [1.29, 1.82) is 0 Å². The topological polar surface area (TPSA) is 80.8 Å². The number of rotatable bonds is 2. The van der Waals surface area contributed by atoms with E-state index >= 15 is 0 Å². The highest BCUT2D eigenvalue weighted by molar-refractivity contribution is 5.74. The van der Waals surface area contributed by atoms with Crippen LogP contribution in [0.2, 0.25) is 0 Å². The fourth-order valence-electron chi connectivity index (χ4n) is 1.73. The third-order valence-corrected chi connectivity index (χ3v) is 2.53. The second-order valence-electron chi connectivity index (χ2n) is 7.50. The van der Waals surface area contributed by atoms with Gasteiger partial charge in [0.15, 0.2) is 0 Å². The lowest BCUT2D eigenvalue weighted by molar-refractivity contribution is -0.000926. The molecule has 0 aliphatic heterocycles. The summed E-state index contributed by atoms with van der Waals surface area (Å²) in [5.41, 5.74) is 2.68. The van der Waals surface area contributed by atoms with E-state index in [0.717, 1.165) is 10.6 Å². The molecule has 0 fully saturated rings. The summed E-state index contributed by atoms with van der Waals surface area (Å²) in [4.78, 5) is 28.5. The summed E-state index contributed by atoms with van der Waals surface area (Å²) < 4.78 is 10.5. The molecule has 0 spiro atoms. The van der Waals surface area contributed by atoms with Crippen molar-refractivity contribution in [3.63, 3.8) is 0 Å². The van der Waals surface area contributed by atoms with E-state index in [9.17, 15) is 9.59 Å². The summed E-state index contributed by atoms with van der Waals surface area (Å²) in [6, 6.07) is 3.68. The second-order valence-corrected chi connectivity index (χ2v) is 7.50. The average molecular weight is 337 g/mol. The number of amides is 2. The van der Waals surface area contributed by atoms with Crippen LogP contribution in [0.3, 0.4) is 0 Å². The molecule has 0 radical (unpaired) electrons. The van der Waals surface area contributed by atoms with Crippen molar-refractivity contribution in [1.82, 2.24) is 15.4 Å². The Balaban J connectivity index is 2.90. The van der Waals surface area contributed by atoms with Gasteiger partial charge in [0.05, 0.1) is 12.2 Å². The van der Waals surface area contributed by atoms with E-state index in [-0.39, 0.29) is 6.54 Å². The van der Waals surface area contributed by atoms with Gasteiger partial charge in [0.1, 0.15) is 11.2 Å². The van der Waals surface area contributed by atoms with E-state index in [2.05, 4.69) is 10.4 Å². The van der Waals surface area contributed by atoms with Crippen LogP contribution in [0.5, 0.6) is 0 Å². The Morgan fingerprint density at radius 3 is 2.21 bits per heavy atom. The molecule has 0 aliphatic rings. The molecule has 1 rings (SSSR count). The van der Waals surface area contributed by atoms with Gasteiger partial charge in [-0.15, -0.1) is 0 Å². The lowest BCUT2D eigenvalue weighted by Gasteiger charge is -2.28. The molecule has 0 saturated carbocycles. The predicted molar refractivity (Wildman–Crippen MR) is 90.1 cm³/mol. The van der Waals surface area contributed by atoms with Crippen molar-refractivity contribution in [2.24, 2.45) is 0 Å². The van der Waals surface area contributed by atoms with Gasteiger partial charge in [-0.25, -0.2) is 20.0 Å². The highest BCUT2D eigenvalue weighted by Gasteiger charge is 2.26. The van der Waals surface area contributed by atoms with Crippen LogP contribution in [0.15, 0.2) is 18.3 Å². The average Bonchev–Trinajstić information content (AvgIpc) is 2.33. The van der Waals surface area contributed by atoms with Crippen molar-refractivity contribution >= 4 is 12.2 Å². The summed E-state index contributed by atoms with van der Waals surface area (Å²) in [5, 5.41) is 1.06. The Hall–Kier alpha value is -2.31. The molecule has 134 valence electrons. The van der Waals surface area contributed by atoms with E-state index in [4.69, 9.17) is 9.47 Å². The summed E-state index contributed by atoms with van der Waals surface area (Å²) in [6.07, 6.45) is 0.225. The molecule has 0 aromatic carbocycles. The number of pyridine rings is 1. The van der Waals surface area contributed by atoms with Crippen LogP contribution >= 0.6 is 0 Å². The molecule has 0 bridgehead atoms. The predicted octanol–water partition coefficient (Wildman–Crippen LogP) is 3.57. The number of ether oxygens (including phenoxy) is 2. The van der Waals surface area contributed by atoms with Crippen molar-refractivity contribution < 1.29 is 19.1 Å². The van der Waals surface area contributed by atoms with Crippen LogP contribution in [0.4, 0.5) is 9.59 Å². The van der Waals surface area contributed by atoms with Crippen molar-refractivity contribution in [3.8, 4) is 0 Å². The van der Waals surface area contributed by atoms with Gasteiger partial charge in [-0.2, -0.15) is 0 Å². The van der Waals surface area contributed by atoms with Gasteiger partial charge in [0.2, 0.25) is 0 Å². The van der Waals surface area contributed by atoms with Crippen molar-refractivity contribution in [3.05, 3.63) is 29.6 Å². The largest absolute Gasteiger partial charge is 0.443 e. The first-order valence-corrected chi connectivity index (χ1v) is 7.77. The van der Waals surface area contributed by atoms with Crippen LogP contribution in [-0.2, 0) is 16.0 Å². The highest BCUT2D eigenvalue weighted by atomic mass is 16.6. The van der Waals surface area contributed by atoms with Gasteiger partial charge in [0, 0.05) is 6.20 Å². The molecule has 1 aromatic heterocycles. The van der Waals surface area contributed by atoms with Gasteiger partial charge < -0.3 is 9.47 Å². The quantitative estimate of drug-likeness (QED) is 0.835. The van der Waals surface area contributed by atoms with Crippen LogP contribution in [0.1, 0.15) is 52.8 Å². The number of aryl methyl sites for hydroxylation is 1. The zero-order chi connectivity index (χ0) is 18.5. The molecule has 1 aromatic rings. The smallest absolute Gasteiger partial charge is 0.429 e. The molecule has 7 nitrogen and oxygen atoms in total. The molecule has 7 heteroatoms. The van der Waals surface area contributed by atoms with Crippen LogP contribution in [0.25, 0.3) is 0 Å². The van der Waals surface area contributed by atoms with E-state index in [1.165, 1.54) is 0 Å². The summed E-state index contributed by atoms with van der Waals surface area (Å²) in [6.45, 7) is 12.5. The van der Waals surface area contributed by atoms with E-state index in [1.54, 1.807) is 47.7 Å². The standard InChI is InChI=1S/C17H27N3O4/c1-12-8-9-18-13(10-12)11-20(15(22)24-17(5,6)7)19-14(21)23-16(2,3)4/h8-10H,11H2,1-7H3,(H,19,21). The third kappa shape index (κ3) is 7.80. The normalized spacial score (nSPS) is 11.6. The van der Waals surface area contributed by atoms with Crippen LogP contribution in [0, 0.1) is 6.92 Å². The first kappa shape index (κ1) is 19.7. The number of carbonyl (C=O) groups is 2. The monoisotopic (exact) mass is 337 g/mol. The van der Waals surface area contributed by atoms with Gasteiger partial charge in [-0.1, -0.05) is 0 Å². The Bertz CT molecular complexity index is 588. The first-order chi connectivity index (χ1) is 10.9. The molecule has 0 atom stereocenters. The zero-order valence-electron chi connectivity index (χ0n) is 15.5. The fourth-order valence-corrected chi connectivity index (χ4v) is 1.73. The molecule has 1 N–H and O–H groups in total. The van der Waals surface area contributed by atoms with E-state index in [0.29, 0.717) is 5.69 Å². The molecular weight excluding hydrogens is 310 g/mol.